The first-order valence-corrected chi connectivity index (χ1v) is 12.5. The lowest BCUT2D eigenvalue weighted by Crippen LogP contribution is -2.25. The van der Waals surface area contributed by atoms with Gasteiger partial charge < -0.3 is 10.1 Å². The fourth-order valence-corrected chi connectivity index (χ4v) is 4.53. The number of ketones is 1. The molecule has 1 N–H and O–H groups in total. The van der Waals surface area contributed by atoms with Crippen LogP contribution in [-0.4, -0.2) is 39.7 Å². The Morgan fingerprint density at radius 3 is 2.56 bits per heavy atom. The summed E-state index contributed by atoms with van der Waals surface area (Å²) in [6.07, 6.45) is 1.91. The SMILES string of the molecule is CCCC(=O)Nc1ccc(C(=O)C(C)Sc2nc3ccccc3c(=O)n2CCCOCC)cc1. The van der Waals surface area contributed by atoms with Crippen LogP contribution >= 0.6 is 11.8 Å². The number of benzene rings is 2. The maximum absolute atomic E-state index is 13.2. The number of anilines is 1. The minimum Gasteiger partial charge on any atom is -0.382 e. The van der Waals surface area contributed by atoms with Gasteiger partial charge in [-0.05, 0) is 63.1 Å². The van der Waals surface area contributed by atoms with Gasteiger partial charge in [0.15, 0.2) is 10.9 Å². The molecule has 0 radical (unpaired) electrons. The van der Waals surface area contributed by atoms with Gasteiger partial charge in [0.1, 0.15) is 0 Å². The molecule has 34 heavy (non-hydrogen) atoms. The Hall–Kier alpha value is -2.97. The second-order valence-corrected chi connectivity index (χ2v) is 9.23. The number of fused-ring (bicyclic) bond motifs is 1. The van der Waals surface area contributed by atoms with Crippen LogP contribution < -0.4 is 10.9 Å². The highest BCUT2D eigenvalue weighted by Crippen LogP contribution is 2.26. The second-order valence-electron chi connectivity index (χ2n) is 7.92. The summed E-state index contributed by atoms with van der Waals surface area (Å²) >= 11 is 1.28. The molecule has 0 spiro atoms. The highest BCUT2D eigenvalue weighted by Gasteiger charge is 2.21. The monoisotopic (exact) mass is 481 g/mol. The number of para-hydroxylation sites is 1. The van der Waals surface area contributed by atoms with Gasteiger partial charge in [-0.15, -0.1) is 0 Å². The van der Waals surface area contributed by atoms with E-state index in [0.717, 1.165) is 6.42 Å². The van der Waals surface area contributed by atoms with Crippen molar-refractivity contribution in [3.8, 4) is 0 Å². The zero-order valence-corrected chi connectivity index (χ0v) is 20.7. The van der Waals surface area contributed by atoms with E-state index < -0.39 is 5.25 Å². The molecule has 1 atom stereocenters. The number of hydrogen-bond acceptors (Lipinski definition) is 6. The number of nitrogens with one attached hydrogen (secondary N) is 1. The highest BCUT2D eigenvalue weighted by atomic mass is 32.2. The highest BCUT2D eigenvalue weighted by molar-refractivity contribution is 8.00. The first-order chi connectivity index (χ1) is 16.4. The van der Waals surface area contributed by atoms with E-state index in [9.17, 15) is 14.4 Å². The van der Waals surface area contributed by atoms with E-state index in [2.05, 4.69) is 5.32 Å². The number of thioether (sulfide) groups is 1. The molecule has 0 saturated carbocycles. The van der Waals surface area contributed by atoms with E-state index in [0.29, 0.717) is 59.9 Å². The van der Waals surface area contributed by atoms with Gasteiger partial charge in [-0.1, -0.05) is 30.8 Å². The standard InChI is InChI=1S/C26H31N3O4S/c1-4-9-23(30)27-20-14-12-19(13-15-20)24(31)18(3)34-26-28-22-11-7-6-10-21(22)25(32)29(26)16-8-17-33-5-2/h6-7,10-15,18H,4-5,8-9,16-17H2,1-3H3,(H,27,30). The molecular formula is C26H31N3O4S. The molecule has 0 aliphatic heterocycles. The number of Topliss-reactive ketones (excluding diaryl/α,β-unsaturated/α-hetero) is 1. The maximum Gasteiger partial charge on any atom is 0.262 e. The summed E-state index contributed by atoms with van der Waals surface area (Å²) in [4.78, 5) is 42.7. The average Bonchev–Trinajstić information content (AvgIpc) is 2.83. The van der Waals surface area contributed by atoms with Crippen molar-refractivity contribution in [1.82, 2.24) is 9.55 Å². The van der Waals surface area contributed by atoms with E-state index in [1.165, 1.54) is 11.8 Å². The van der Waals surface area contributed by atoms with Crippen LogP contribution in [-0.2, 0) is 16.1 Å². The van der Waals surface area contributed by atoms with Crippen LogP contribution in [0.1, 0.15) is 50.4 Å². The van der Waals surface area contributed by atoms with Crippen molar-refractivity contribution in [3.63, 3.8) is 0 Å². The largest absolute Gasteiger partial charge is 0.382 e. The molecule has 0 aliphatic rings. The topological polar surface area (TPSA) is 90.3 Å². The number of amides is 1. The summed E-state index contributed by atoms with van der Waals surface area (Å²) < 4.78 is 7.06. The summed E-state index contributed by atoms with van der Waals surface area (Å²) in [6, 6.07) is 14.1. The van der Waals surface area contributed by atoms with Crippen LogP contribution in [0.25, 0.3) is 10.9 Å². The molecule has 8 heteroatoms. The second kappa shape index (κ2) is 12.5. The van der Waals surface area contributed by atoms with Crippen LogP contribution in [0, 0.1) is 0 Å². The Balaban J connectivity index is 1.79. The third-order valence-corrected chi connectivity index (χ3v) is 6.37. The molecule has 180 valence electrons. The molecule has 0 bridgehead atoms. The lowest BCUT2D eigenvalue weighted by atomic mass is 10.1. The summed E-state index contributed by atoms with van der Waals surface area (Å²) in [6.45, 7) is 7.34. The Morgan fingerprint density at radius 2 is 1.85 bits per heavy atom. The van der Waals surface area contributed by atoms with Gasteiger partial charge in [0.25, 0.3) is 5.56 Å². The molecule has 1 heterocycles. The van der Waals surface area contributed by atoms with E-state index in [1.807, 2.05) is 39.0 Å². The van der Waals surface area contributed by atoms with Crippen molar-refractivity contribution < 1.29 is 14.3 Å². The van der Waals surface area contributed by atoms with Gasteiger partial charge in [0, 0.05) is 37.4 Å². The maximum atomic E-state index is 13.2. The predicted octanol–water partition coefficient (Wildman–Crippen LogP) is 4.93. The lowest BCUT2D eigenvalue weighted by molar-refractivity contribution is -0.116. The molecule has 1 amide bonds. The molecule has 0 saturated heterocycles. The quantitative estimate of drug-likeness (QED) is 0.171. The van der Waals surface area contributed by atoms with Crippen LogP contribution in [0.4, 0.5) is 5.69 Å². The van der Waals surface area contributed by atoms with Crippen molar-refractivity contribution in [1.29, 1.82) is 0 Å². The van der Waals surface area contributed by atoms with Crippen LogP contribution in [0.15, 0.2) is 58.5 Å². The average molecular weight is 482 g/mol. The van der Waals surface area contributed by atoms with Crippen LogP contribution in [0.2, 0.25) is 0 Å². The third-order valence-electron chi connectivity index (χ3n) is 5.28. The summed E-state index contributed by atoms with van der Waals surface area (Å²) in [7, 11) is 0. The number of nitrogens with zero attached hydrogens (tertiary/aromatic N) is 2. The summed E-state index contributed by atoms with van der Waals surface area (Å²) in [5.41, 5.74) is 1.70. The number of ether oxygens (including phenoxy) is 1. The predicted molar refractivity (Wildman–Crippen MR) is 137 cm³/mol. The Kier molecular flexibility index (Phi) is 9.42. The fraction of sp³-hybridized carbons (Fsp3) is 0.385. The Labute approximate surface area is 203 Å². The molecule has 0 fully saturated rings. The van der Waals surface area contributed by atoms with Crippen molar-refractivity contribution in [3.05, 3.63) is 64.4 Å². The van der Waals surface area contributed by atoms with E-state index in [-0.39, 0.29) is 17.2 Å². The minimum absolute atomic E-state index is 0.0461. The van der Waals surface area contributed by atoms with Crippen molar-refractivity contribution in [2.75, 3.05) is 18.5 Å². The Morgan fingerprint density at radius 1 is 1.12 bits per heavy atom. The summed E-state index contributed by atoms with van der Waals surface area (Å²) in [5.74, 6) is -0.116. The van der Waals surface area contributed by atoms with Crippen molar-refractivity contribution in [2.24, 2.45) is 0 Å². The Bertz CT molecular complexity index is 1190. The molecule has 2 aromatic carbocycles. The van der Waals surface area contributed by atoms with E-state index in [1.54, 1.807) is 34.9 Å². The van der Waals surface area contributed by atoms with Gasteiger partial charge in [-0.25, -0.2) is 4.98 Å². The van der Waals surface area contributed by atoms with Gasteiger partial charge >= 0.3 is 0 Å². The third kappa shape index (κ3) is 6.55. The molecule has 1 aromatic heterocycles. The van der Waals surface area contributed by atoms with E-state index >= 15 is 0 Å². The number of aromatic nitrogens is 2. The van der Waals surface area contributed by atoms with Crippen molar-refractivity contribution in [2.45, 2.75) is 57.0 Å². The zero-order chi connectivity index (χ0) is 24.5. The minimum atomic E-state index is -0.452. The molecule has 1 unspecified atom stereocenters. The van der Waals surface area contributed by atoms with E-state index in [4.69, 9.17) is 9.72 Å². The molecule has 7 nitrogen and oxygen atoms in total. The van der Waals surface area contributed by atoms with Crippen LogP contribution in [0.3, 0.4) is 0 Å². The number of hydrogen-bond donors (Lipinski definition) is 1. The first-order valence-electron chi connectivity index (χ1n) is 11.6. The zero-order valence-electron chi connectivity index (χ0n) is 19.9. The summed E-state index contributed by atoms with van der Waals surface area (Å²) in [5, 5.41) is 3.45. The lowest BCUT2D eigenvalue weighted by Gasteiger charge is -2.16. The van der Waals surface area contributed by atoms with Gasteiger partial charge in [-0.2, -0.15) is 0 Å². The van der Waals surface area contributed by atoms with Gasteiger partial charge in [0.2, 0.25) is 5.91 Å². The van der Waals surface area contributed by atoms with Gasteiger partial charge in [0.05, 0.1) is 16.2 Å². The van der Waals surface area contributed by atoms with Gasteiger partial charge in [-0.3, -0.25) is 19.0 Å². The first kappa shape index (κ1) is 25.6. The molecule has 3 rings (SSSR count). The molecular weight excluding hydrogens is 450 g/mol. The normalized spacial score (nSPS) is 12.0. The smallest absolute Gasteiger partial charge is 0.262 e. The molecule has 3 aromatic rings. The van der Waals surface area contributed by atoms with Crippen molar-refractivity contribution >= 4 is 40.0 Å². The number of carbonyl (C=O) groups is 2. The fourth-order valence-electron chi connectivity index (χ4n) is 3.52. The number of carbonyl (C=O) groups excluding carboxylic acids is 2. The van der Waals surface area contributed by atoms with Crippen LogP contribution in [0.5, 0.6) is 0 Å². The number of rotatable bonds is 12. The molecule has 0 aliphatic carbocycles.